The van der Waals surface area contributed by atoms with E-state index in [2.05, 4.69) is 5.10 Å². The molecule has 0 radical (unpaired) electrons. The predicted molar refractivity (Wildman–Crippen MR) is 82.0 cm³/mol. The first kappa shape index (κ1) is 16.5. The summed E-state index contributed by atoms with van der Waals surface area (Å²) in [6.45, 7) is 2.28. The SMILES string of the molecule is Cc1ccc(CN(C(=O)Cn2ccc(C(F)(F)F)n2)C2CC2)cc1. The van der Waals surface area contributed by atoms with Gasteiger partial charge in [0.2, 0.25) is 5.91 Å². The van der Waals surface area contributed by atoms with Crippen LogP contribution in [0.4, 0.5) is 13.2 Å². The molecule has 0 spiro atoms. The van der Waals surface area contributed by atoms with Crippen LogP contribution < -0.4 is 0 Å². The molecule has 3 rings (SSSR count). The highest BCUT2D eigenvalue weighted by Crippen LogP contribution is 2.29. The first-order valence-corrected chi connectivity index (χ1v) is 7.78. The number of amides is 1. The molecule has 1 heterocycles. The van der Waals surface area contributed by atoms with Crippen LogP contribution in [0.3, 0.4) is 0 Å². The molecule has 1 aliphatic rings. The van der Waals surface area contributed by atoms with E-state index in [0.717, 1.165) is 34.7 Å². The van der Waals surface area contributed by atoms with Crippen molar-refractivity contribution in [3.63, 3.8) is 0 Å². The number of aromatic nitrogens is 2. The Kier molecular flexibility index (Phi) is 4.34. The molecule has 1 aromatic carbocycles. The third-order valence-electron chi connectivity index (χ3n) is 4.01. The fourth-order valence-electron chi connectivity index (χ4n) is 2.53. The van der Waals surface area contributed by atoms with Gasteiger partial charge >= 0.3 is 6.18 Å². The Morgan fingerprint density at radius 1 is 1.25 bits per heavy atom. The number of carbonyl (C=O) groups excluding carboxylic acids is 1. The molecule has 4 nitrogen and oxygen atoms in total. The quantitative estimate of drug-likeness (QED) is 0.839. The number of carbonyl (C=O) groups is 1. The molecule has 0 aliphatic heterocycles. The Labute approximate surface area is 137 Å². The molecule has 2 aromatic rings. The molecule has 7 heteroatoms. The second kappa shape index (κ2) is 6.30. The maximum absolute atomic E-state index is 12.6. The van der Waals surface area contributed by atoms with Crippen LogP contribution in [0.1, 0.15) is 29.7 Å². The monoisotopic (exact) mass is 337 g/mol. The van der Waals surface area contributed by atoms with Crippen molar-refractivity contribution >= 4 is 5.91 Å². The van der Waals surface area contributed by atoms with Crippen LogP contribution in [0.5, 0.6) is 0 Å². The van der Waals surface area contributed by atoms with E-state index in [1.807, 2.05) is 31.2 Å². The lowest BCUT2D eigenvalue weighted by atomic mass is 10.1. The first-order chi connectivity index (χ1) is 11.3. The van der Waals surface area contributed by atoms with E-state index < -0.39 is 11.9 Å². The third-order valence-corrected chi connectivity index (χ3v) is 4.01. The van der Waals surface area contributed by atoms with Crippen molar-refractivity contribution in [1.29, 1.82) is 0 Å². The van der Waals surface area contributed by atoms with Crippen molar-refractivity contribution in [2.45, 2.75) is 45.1 Å². The van der Waals surface area contributed by atoms with Crippen LogP contribution in [0.2, 0.25) is 0 Å². The van der Waals surface area contributed by atoms with Crippen molar-refractivity contribution in [1.82, 2.24) is 14.7 Å². The smallest absolute Gasteiger partial charge is 0.334 e. The molecule has 0 bridgehead atoms. The highest BCUT2D eigenvalue weighted by Gasteiger charge is 2.35. The van der Waals surface area contributed by atoms with Gasteiger partial charge in [-0.3, -0.25) is 9.48 Å². The van der Waals surface area contributed by atoms with E-state index in [1.54, 1.807) is 4.90 Å². The summed E-state index contributed by atoms with van der Waals surface area (Å²) in [5.74, 6) is -0.213. The summed E-state index contributed by atoms with van der Waals surface area (Å²) in [7, 11) is 0. The molecular formula is C17H18F3N3O. The van der Waals surface area contributed by atoms with Crippen molar-refractivity contribution in [3.8, 4) is 0 Å². The Hall–Kier alpha value is -2.31. The van der Waals surface area contributed by atoms with E-state index in [1.165, 1.54) is 6.20 Å². The average molecular weight is 337 g/mol. The van der Waals surface area contributed by atoms with Gasteiger partial charge in [-0.15, -0.1) is 0 Å². The molecule has 0 atom stereocenters. The van der Waals surface area contributed by atoms with E-state index in [0.29, 0.717) is 6.54 Å². The van der Waals surface area contributed by atoms with Gasteiger partial charge in [0.15, 0.2) is 5.69 Å². The zero-order chi connectivity index (χ0) is 17.3. The van der Waals surface area contributed by atoms with Crippen molar-refractivity contribution in [2.75, 3.05) is 0 Å². The molecular weight excluding hydrogens is 319 g/mol. The lowest BCUT2D eigenvalue weighted by molar-refractivity contribution is -0.142. The number of hydrogen-bond donors (Lipinski definition) is 0. The average Bonchev–Trinajstić information content (AvgIpc) is 3.23. The van der Waals surface area contributed by atoms with Gasteiger partial charge in [-0.25, -0.2) is 0 Å². The van der Waals surface area contributed by atoms with Crippen LogP contribution in [-0.4, -0.2) is 26.6 Å². The van der Waals surface area contributed by atoms with Crippen molar-refractivity contribution < 1.29 is 18.0 Å². The molecule has 24 heavy (non-hydrogen) atoms. The van der Waals surface area contributed by atoms with Gasteiger partial charge in [-0.2, -0.15) is 18.3 Å². The topological polar surface area (TPSA) is 38.1 Å². The molecule has 0 unspecified atom stereocenters. The normalized spacial score (nSPS) is 14.7. The van der Waals surface area contributed by atoms with Gasteiger partial charge in [0, 0.05) is 18.8 Å². The fourth-order valence-corrected chi connectivity index (χ4v) is 2.53. The summed E-state index contributed by atoms with van der Waals surface area (Å²) in [6.07, 6.45) is -1.43. The minimum Gasteiger partial charge on any atom is -0.334 e. The second-order valence-corrected chi connectivity index (χ2v) is 6.13. The van der Waals surface area contributed by atoms with Gasteiger partial charge < -0.3 is 4.90 Å². The molecule has 1 fully saturated rings. The number of hydrogen-bond acceptors (Lipinski definition) is 2. The Morgan fingerprint density at radius 2 is 1.92 bits per heavy atom. The highest BCUT2D eigenvalue weighted by atomic mass is 19.4. The maximum atomic E-state index is 12.6. The molecule has 1 aliphatic carbocycles. The van der Waals surface area contributed by atoms with E-state index in [9.17, 15) is 18.0 Å². The maximum Gasteiger partial charge on any atom is 0.435 e. The van der Waals surface area contributed by atoms with Crippen molar-refractivity contribution in [2.24, 2.45) is 0 Å². The zero-order valence-corrected chi connectivity index (χ0v) is 13.3. The number of halogens is 3. The molecule has 128 valence electrons. The molecule has 1 saturated carbocycles. The lowest BCUT2D eigenvalue weighted by Crippen LogP contribution is -2.35. The predicted octanol–water partition coefficient (Wildman–Crippen LogP) is 3.40. The summed E-state index contributed by atoms with van der Waals surface area (Å²) in [4.78, 5) is 14.2. The van der Waals surface area contributed by atoms with Gasteiger partial charge in [0.05, 0.1) is 0 Å². The van der Waals surface area contributed by atoms with Crippen LogP contribution in [0.25, 0.3) is 0 Å². The van der Waals surface area contributed by atoms with Gasteiger partial charge in [0.25, 0.3) is 0 Å². The Morgan fingerprint density at radius 3 is 2.46 bits per heavy atom. The van der Waals surface area contributed by atoms with E-state index in [4.69, 9.17) is 0 Å². The fraction of sp³-hybridized carbons (Fsp3) is 0.412. The Bertz CT molecular complexity index is 717. The van der Waals surface area contributed by atoms with Gasteiger partial charge in [-0.1, -0.05) is 29.8 Å². The largest absolute Gasteiger partial charge is 0.435 e. The molecule has 0 N–H and O–H groups in total. The first-order valence-electron chi connectivity index (χ1n) is 7.78. The molecule has 1 aromatic heterocycles. The number of aryl methyl sites for hydroxylation is 1. The lowest BCUT2D eigenvalue weighted by Gasteiger charge is -2.22. The minimum absolute atomic E-state index is 0.177. The zero-order valence-electron chi connectivity index (χ0n) is 13.3. The number of rotatable bonds is 5. The van der Waals surface area contributed by atoms with E-state index in [-0.39, 0.29) is 18.5 Å². The minimum atomic E-state index is -4.49. The third kappa shape index (κ3) is 3.96. The van der Waals surface area contributed by atoms with Crippen molar-refractivity contribution in [3.05, 3.63) is 53.3 Å². The summed E-state index contributed by atoms with van der Waals surface area (Å²) >= 11 is 0. The summed E-state index contributed by atoms with van der Waals surface area (Å²) in [6, 6.07) is 8.95. The number of alkyl halides is 3. The van der Waals surface area contributed by atoms with Gasteiger partial charge in [-0.05, 0) is 31.4 Å². The molecule has 1 amide bonds. The van der Waals surface area contributed by atoms with E-state index >= 15 is 0 Å². The van der Waals surface area contributed by atoms with Crippen LogP contribution in [0.15, 0.2) is 36.5 Å². The molecule has 0 saturated heterocycles. The van der Waals surface area contributed by atoms with Crippen LogP contribution in [0, 0.1) is 6.92 Å². The Balaban J connectivity index is 1.68. The summed E-state index contributed by atoms with van der Waals surface area (Å²) < 4.78 is 38.8. The van der Waals surface area contributed by atoms with Crippen LogP contribution >= 0.6 is 0 Å². The highest BCUT2D eigenvalue weighted by molar-refractivity contribution is 5.76. The van der Waals surface area contributed by atoms with Gasteiger partial charge in [0.1, 0.15) is 6.54 Å². The van der Waals surface area contributed by atoms with Crippen LogP contribution in [-0.2, 0) is 24.1 Å². The summed E-state index contributed by atoms with van der Waals surface area (Å²) in [5.41, 5.74) is 1.17. The standard InChI is InChI=1S/C17H18F3N3O/c1-12-2-4-13(5-3-12)10-23(14-6-7-14)16(24)11-22-9-8-15(21-22)17(18,19)20/h2-5,8-9,14H,6-7,10-11H2,1H3. The second-order valence-electron chi connectivity index (χ2n) is 6.13. The number of nitrogens with zero attached hydrogens (tertiary/aromatic N) is 3. The summed E-state index contributed by atoms with van der Waals surface area (Å²) in [5, 5.41) is 3.45. The number of benzene rings is 1.